The summed E-state index contributed by atoms with van der Waals surface area (Å²) in [4.78, 5) is 13.7. The molecule has 1 aromatic carbocycles. The average Bonchev–Trinajstić information content (AvgIpc) is 3.11. The molecule has 0 aliphatic carbocycles. The number of thiophene rings is 1. The zero-order valence-electron chi connectivity index (χ0n) is 12.6. The van der Waals surface area contributed by atoms with E-state index in [0.29, 0.717) is 19.6 Å². The van der Waals surface area contributed by atoms with E-state index >= 15 is 0 Å². The number of hydrogen-bond donors (Lipinski definition) is 1. The Bertz CT molecular complexity index is 885. The third kappa shape index (κ3) is 2.42. The molecule has 1 atom stereocenters. The molecule has 6 nitrogen and oxygen atoms in total. The SMILES string of the molecule is Cc1nnc2n1C[C@H](C(=O)O)N(Cc1csc3ccccc13)C2. The van der Waals surface area contributed by atoms with E-state index in [4.69, 9.17) is 0 Å². The molecule has 1 aliphatic rings. The topological polar surface area (TPSA) is 71.2 Å². The molecule has 23 heavy (non-hydrogen) atoms. The summed E-state index contributed by atoms with van der Waals surface area (Å²) in [6.45, 7) is 3.36. The summed E-state index contributed by atoms with van der Waals surface area (Å²) in [5.41, 5.74) is 1.17. The van der Waals surface area contributed by atoms with Crippen LogP contribution in [0.15, 0.2) is 29.6 Å². The van der Waals surface area contributed by atoms with Crippen molar-refractivity contribution < 1.29 is 9.90 Å². The van der Waals surface area contributed by atoms with Gasteiger partial charge in [0.25, 0.3) is 0 Å². The molecule has 4 rings (SSSR count). The van der Waals surface area contributed by atoms with Crippen LogP contribution in [-0.2, 0) is 24.4 Å². The number of carboxylic acids is 1. The number of carbonyl (C=O) groups is 1. The standard InChI is InChI=1S/C16H16N4O2S/c1-10-17-18-15-8-19(13(16(21)22)7-20(10)15)6-11-9-23-14-5-3-2-4-12(11)14/h2-5,9,13H,6-8H2,1H3,(H,21,22)/t13-/m1/s1. The third-order valence-corrected chi connectivity index (χ3v) is 5.39. The minimum absolute atomic E-state index is 0.394. The van der Waals surface area contributed by atoms with Crippen molar-refractivity contribution in [3.8, 4) is 0 Å². The van der Waals surface area contributed by atoms with Crippen LogP contribution in [0.1, 0.15) is 17.2 Å². The highest BCUT2D eigenvalue weighted by Gasteiger charge is 2.33. The number of hydrogen-bond acceptors (Lipinski definition) is 5. The van der Waals surface area contributed by atoms with Gasteiger partial charge in [0.15, 0.2) is 0 Å². The maximum atomic E-state index is 11.7. The van der Waals surface area contributed by atoms with Crippen molar-refractivity contribution in [2.24, 2.45) is 0 Å². The Labute approximate surface area is 137 Å². The number of aromatic nitrogens is 3. The van der Waals surface area contributed by atoms with Gasteiger partial charge in [0.1, 0.15) is 17.7 Å². The van der Waals surface area contributed by atoms with Gasteiger partial charge in [0, 0.05) is 11.2 Å². The van der Waals surface area contributed by atoms with Gasteiger partial charge in [0.2, 0.25) is 0 Å². The lowest BCUT2D eigenvalue weighted by atomic mass is 10.1. The summed E-state index contributed by atoms with van der Waals surface area (Å²) >= 11 is 1.69. The van der Waals surface area contributed by atoms with Crippen LogP contribution in [0.3, 0.4) is 0 Å². The number of rotatable bonds is 3. The number of fused-ring (bicyclic) bond motifs is 2. The summed E-state index contributed by atoms with van der Waals surface area (Å²) in [5.74, 6) is 0.801. The van der Waals surface area contributed by atoms with Gasteiger partial charge in [-0.1, -0.05) is 18.2 Å². The van der Waals surface area contributed by atoms with E-state index < -0.39 is 12.0 Å². The molecule has 1 N–H and O–H groups in total. The van der Waals surface area contributed by atoms with Crippen LogP contribution >= 0.6 is 11.3 Å². The summed E-state index contributed by atoms with van der Waals surface area (Å²) in [6.07, 6.45) is 0. The van der Waals surface area contributed by atoms with Crippen LogP contribution in [0.5, 0.6) is 0 Å². The normalized spacial score (nSPS) is 18.2. The summed E-state index contributed by atoms with van der Waals surface area (Å²) in [6, 6.07) is 7.66. The predicted molar refractivity (Wildman–Crippen MR) is 87.3 cm³/mol. The first-order valence-electron chi connectivity index (χ1n) is 7.44. The van der Waals surface area contributed by atoms with Gasteiger partial charge in [0.05, 0.1) is 13.1 Å². The Morgan fingerprint density at radius 3 is 3.04 bits per heavy atom. The van der Waals surface area contributed by atoms with E-state index in [-0.39, 0.29) is 0 Å². The van der Waals surface area contributed by atoms with E-state index in [0.717, 1.165) is 11.6 Å². The number of aryl methyl sites for hydroxylation is 1. The molecule has 7 heteroatoms. The number of aliphatic carboxylic acids is 1. The first-order valence-corrected chi connectivity index (χ1v) is 8.32. The molecule has 2 aromatic heterocycles. The largest absolute Gasteiger partial charge is 0.480 e. The van der Waals surface area contributed by atoms with E-state index in [1.807, 2.05) is 28.5 Å². The highest BCUT2D eigenvalue weighted by molar-refractivity contribution is 7.17. The fourth-order valence-corrected chi connectivity index (χ4v) is 4.09. The quantitative estimate of drug-likeness (QED) is 0.798. The van der Waals surface area contributed by atoms with Crippen molar-refractivity contribution in [3.05, 3.63) is 46.9 Å². The van der Waals surface area contributed by atoms with Crippen molar-refractivity contribution in [1.82, 2.24) is 19.7 Å². The van der Waals surface area contributed by atoms with Crippen LogP contribution in [0.2, 0.25) is 0 Å². The molecular weight excluding hydrogens is 312 g/mol. The fraction of sp³-hybridized carbons (Fsp3) is 0.312. The van der Waals surface area contributed by atoms with Crippen molar-refractivity contribution in [2.75, 3.05) is 0 Å². The molecule has 0 fully saturated rings. The van der Waals surface area contributed by atoms with E-state index in [1.165, 1.54) is 15.6 Å². The van der Waals surface area contributed by atoms with Crippen molar-refractivity contribution in [3.63, 3.8) is 0 Å². The number of nitrogens with zero attached hydrogens (tertiary/aromatic N) is 4. The molecule has 0 amide bonds. The molecule has 0 spiro atoms. The smallest absolute Gasteiger partial charge is 0.322 e. The fourth-order valence-electron chi connectivity index (χ4n) is 3.13. The molecule has 0 radical (unpaired) electrons. The van der Waals surface area contributed by atoms with Crippen LogP contribution in [-0.4, -0.2) is 36.8 Å². The summed E-state index contributed by atoms with van der Waals surface area (Å²) in [5, 5.41) is 21.2. The first kappa shape index (κ1) is 14.3. The first-order chi connectivity index (χ1) is 11.1. The Kier molecular flexibility index (Phi) is 3.39. The maximum Gasteiger partial charge on any atom is 0.322 e. The van der Waals surface area contributed by atoms with Crippen molar-refractivity contribution in [2.45, 2.75) is 32.6 Å². The van der Waals surface area contributed by atoms with Crippen LogP contribution < -0.4 is 0 Å². The van der Waals surface area contributed by atoms with Gasteiger partial charge in [-0.15, -0.1) is 21.5 Å². The lowest BCUT2D eigenvalue weighted by molar-refractivity contribution is -0.145. The Morgan fingerprint density at radius 1 is 1.39 bits per heavy atom. The maximum absolute atomic E-state index is 11.7. The zero-order chi connectivity index (χ0) is 16.0. The highest BCUT2D eigenvalue weighted by atomic mass is 32.1. The van der Waals surface area contributed by atoms with E-state index in [1.54, 1.807) is 11.3 Å². The Hall–Kier alpha value is -2.25. The molecule has 1 aliphatic heterocycles. The second-order valence-corrected chi connectivity index (χ2v) is 6.70. The monoisotopic (exact) mass is 328 g/mol. The molecule has 0 saturated heterocycles. The molecule has 118 valence electrons. The van der Waals surface area contributed by atoms with Crippen LogP contribution in [0, 0.1) is 6.92 Å². The van der Waals surface area contributed by atoms with E-state index in [2.05, 4.69) is 27.7 Å². The predicted octanol–water partition coefficient (Wildman–Crippen LogP) is 2.27. The summed E-state index contributed by atoms with van der Waals surface area (Å²) in [7, 11) is 0. The molecule has 0 saturated carbocycles. The molecule has 3 heterocycles. The second kappa shape index (κ2) is 5.43. The van der Waals surface area contributed by atoms with Gasteiger partial charge < -0.3 is 9.67 Å². The molecular formula is C16H16N4O2S. The minimum atomic E-state index is -0.803. The van der Waals surface area contributed by atoms with Crippen LogP contribution in [0.25, 0.3) is 10.1 Å². The van der Waals surface area contributed by atoms with Gasteiger partial charge >= 0.3 is 5.97 Å². The number of benzene rings is 1. The lowest BCUT2D eigenvalue weighted by Gasteiger charge is -2.33. The highest BCUT2D eigenvalue weighted by Crippen LogP contribution is 2.29. The molecule has 3 aromatic rings. The van der Waals surface area contributed by atoms with Crippen molar-refractivity contribution >= 4 is 27.4 Å². The minimum Gasteiger partial charge on any atom is -0.480 e. The average molecular weight is 328 g/mol. The lowest BCUT2D eigenvalue weighted by Crippen LogP contribution is -2.47. The van der Waals surface area contributed by atoms with E-state index in [9.17, 15) is 9.90 Å². The third-order valence-electron chi connectivity index (χ3n) is 4.37. The van der Waals surface area contributed by atoms with Gasteiger partial charge in [-0.05, 0) is 29.3 Å². The summed E-state index contributed by atoms with van der Waals surface area (Å²) < 4.78 is 3.13. The zero-order valence-corrected chi connectivity index (χ0v) is 13.5. The Morgan fingerprint density at radius 2 is 2.22 bits per heavy atom. The van der Waals surface area contributed by atoms with Gasteiger partial charge in [-0.25, -0.2) is 0 Å². The van der Waals surface area contributed by atoms with Gasteiger partial charge in [-0.2, -0.15) is 0 Å². The van der Waals surface area contributed by atoms with Crippen LogP contribution in [0.4, 0.5) is 0 Å². The second-order valence-electron chi connectivity index (χ2n) is 5.79. The van der Waals surface area contributed by atoms with Gasteiger partial charge in [-0.3, -0.25) is 9.69 Å². The molecule has 0 bridgehead atoms. The van der Waals surface area contributed by atoms with Crippen molar-refractivity contribution in [1.29, 1.82) is 0 Å². The molecule has 0 unspecified atom stereocenters. The Balaban J connectivity index is 1.68. The number of carboxylic acid groups (broad SMARTS) is 1.